The van der Waals surface area contributed by atoms with Crippen LogP contribution in [0.25, 0.3) is 11.0 Å². The minimum absolute atomic E-state index is 0.128. The lowest BCUT2D eigenvalue weighted by Crippen LogP contribution is -2.14. The Hall–Kier alpha value is -4.04. The maximum atomic E-state index is 14.8. The van der Waals surface area contributed by atoms with Crippen molar-refractivity contribution in [2.45, 2.75) is 25.8 Å². The molecule has 3 N–H and O–H groups in total. The summed E-state index contributed by atoms with van der Waals surface area (Å²) in [5, 5.41) is 8.97. The van der Waals surface area contributed by atoms with Gasteiger partial charge in [0.05, 0.1) is 17.8 Å². The largest absolute Gasteiger partial charge is 0.453 e. The van der Waals surface area contributed by atoms with Crippen molar-refractivity contribution in [2.75, 3.05) is 0 Å². The molecular formula is C25H22FN5O2. The zero-order valence-corrected chi connectivity index (χ0v) is 18.0. The second kappa shape index (κ2) is 8.84. The first-order chi connectivity index (χ1) is 16.1. The summed E-state index contributed by atoms with van der Waals surface area (Å²) in [6, 6.07) is 15.8. The Kier molecular flexibility index (Phi) is 5.58. The number of H-pyrrole nitrogens is 1. The number of hydrogen-bond donors (Lipinski definition) is 2. The molecule has 7 nitrogen and oxygen atoms in total. The van der Waals surface area contributed by atoms with Gasteiger partial charge < -0.3 is 19.9 Å². The fraction of sp³-hybridized carbons (Fsp3) is 0.160. The maximum Gasteiger partial charge on any atom is 0.233 e. The molecule has 3 heterocycles. The van der Waals surface area contributed by atoms with Crippen LogP contribution < -0.4 is 10.5 Å². The number of nitrogens with two attached hydrogens (primary N) is 1. The average Bonchev–Trinajstić information content (AvgIpc) is 3.44. The first-order valence-corrected chi connectivity index (χ1v) is 10.6. The van der Waals surface area contributed by atoms with Crippen molar-refractivity contribution in [1.29, 1.82) is 0 Å². The van der Waals surface area contributed by atoms with Crippen molar-refractivity contribution in [3.8, 4) is 11.5 Å². The van der Waals surface area contributed by atoms with Crippen molar-refractivity contribution < 1.29 is 13.5 Å². The van der Waals surface area contributed by atoms with Crippen molar-refractivity contribution >= 4 is 11.0 Å². The molecule has 5 aromatic rings. The van der Waals surface area contributed by atoms with E-state index < -0.39 is 11.9 Å². The van der Waals surface area contributed by atoms with Crippen LogP contribution in [-0.4, -0.2) is 20.2 Å². The second-order valence-corrected chi connectivity index (χ2v) is 7.88. The van der Waals surface area contributed by atoms with Crippen LogP contribution in [0, 0.1) is 12.7 Å². The molecule has 1 atom stereocenters. The Morgan fingerprint density at radius 3 is 2.73 bits per heavy atom. The first-order valence-electron chi connectivity index (χ1n) is 10.6. The molecule has 0 amide bonds. The molecule has 0 saturated heterocycles. The van der Waals surface area contributed by atoms with Crippen LogP contribution in [0.15, 0.2) is 71.4 Å². The molecule has 33 heavy (non-hydrogen) atoms. The normalized spacial score (nSPS) is 12.2. The summed E-state index contributed by atoms with van der Waals surface area (Å²) in [7, 11) is 0. The molecule has 0 bridgehead atoms. The van der Waals surface area contributed by atoms with Crippen LogP contribution in [-0.2, 0) is 12.8 Å². The zero-order chi connectivity index (χ0) is 22.8. The molecule has 0 aliphatic carbocycles. The molecule has 8 heteroatoms. The lowest BCUT2D eigenvalue weighted by atomic mass is 10.1. The number of pyridine rings is 1. The third-order valence-corrected chi connectivity index (χ3v) is 5.40. The van der Waals surface area contributed by atoms with Crippen molar-refractivity contribution in [1.82, 2.24) is 20.2 Å². The third-order valence-electron chi connectivity index (χ3n) is 5.40. The van der Waals surface area contributed by atoms with Gasteiger partial charge in [-0.15, -0.1) is 10.2 Å². The SMILES string of the molecule is Cc1c[nH]c2nccc(Oc3ccc(C[C@H](N)c4nnc(Cc5ccccc5)o4)cc3F)c12. The third kappa shape index (κ3) is 4.47. The number of ether oxygens (including phenoxy) is 1. The molecule has 0 radical (unpaired) electrons. The van der Waals surface area contributed by atoms with Crippen LogP contribution in [0.4, 0.5) is 4.39 Å². The number of nitrogens with one attached hydrogen (secondary N) is 1. The van der Waals surface area contributed by atoms with E-state index in [9.17, 15) is 4.39 Å². The maximum absolute atomic E-state index is 14.8. The lowest BCUT2D eigenvalue weighted by molar-refractivity contribution is 0.420. The number of rotatable bonds is 7. The molecule has 166 valence electrons. The van der Waals surface area contributed by atoms with E-state index in [2.05, 4.69) is 20.2 Å². The van der Waals surface area contributed by atoms with E-state index in [-0.39, 0.29) is 5.75 Å². The van der Waals surface area contributed by atoms with Gasteiger partial charge in [0.2, 0.25) is 11.8 Å². The number of hydrogen-bond acceptors (Lipinski definition) is 6. The van der Waals surface area contributed by atoms with Gasteiger partial charge in [-0.3, -0.25) is 0 Å². The zero-order valence-electron chi connectivity index (χ0n) is 18.0. The highest BCUT2D eigenvalue weighted by molar-refractivity contribution is 5.86. The van der Waals surface area contributed by atoms with Gasteiger partial charge in [-0.05, 0) is 48.2 Å². The molecule has 0 unspecified atom stereocenters. The summed E-state index contributed by atoms with van der Waals surface area (Å²) in [6.07, 6.45) is 4.34. The van der Waals surface area contributed by atoms with Crippen LogP contribution in [0.1, 0.15) is 34.5 Å². The molecule has 3 aromatic heterocycles. The Labute approximate surface area is 189 Å². The van der Waals surface area contributed by atoms with Crippen LogP contribution in [0.5, 0.6) is 11.5 Å². The van der Waals surface area contributed by atoms with Gasteiger partial charge in [-0.1, -0.05) is 36.4 Å². The Bertz CT molecular complexity index is 1400. The topological polar surface area (TPSA) is 103 Å². The fourth-order valence-electron chi connectivity index (χ4n) is 3.74. The van der Waals surface area contributed by atoms with Gasteiger partial charge in [0.25, 0.3) is 0 Å². The number of benzene rings is 2. The number of fused-ring (bicyclic) bond motifs is 1. The van der Waals surface area contributed by atoms with Gasteiger partial charge in [0.1, 0.15) is 11.4 Å². The minimum atomic E-state index is -0.546. The standard InChI is InChI=1S/C25H22FN5O2/c1-15-14-29-24-23(15)21(9-10-28-24)32-20-8-7-17(11-18(20)26)12-19(27)25-31-30-22(33-25)13-16-5-3-2-4-6-16/h2-11,14,19H,12-13,27H2,1H3,(H,28,29)/t19-/m0/s1. The number of nitrogens with zero attached hydrogens (tertiary/aromatic N) is 3. The molecule has 5 rings (SSSR count). The van der Waals surface area contributed by atoms with Crippen LogP contribution in [0.3, 0.4) is 0 Å². The molecule has 2 aromatic carbocycles. The van der Waals surface area contributed by atoms with E-state index in [1.807, 2.05) is 43.5 Å². The number of aromatic nitrogens is 4. The predicted octanol–water partition coefficient (Wildman–Crippen LogP) is 5.02. The van der Waals surface area contributed by atoms with Crippen molar-refractivity contribution in [2.24, 2.45) is 5.73 Å². The molecule has 0 aliphatic heterocycles. The Morgan fingerprint density at radius 1 is 1.06 bits per heavy atom. The summed E-state index contributed by atoms with van der Waals surface area (Å²) in [5.74, 6) is 1.00. The Balaban J connectivity index is 1.28. The van der Waals surface area contributed by atoms with Crippen molar-refractivity contribution in [3.05, 3.63) is 101 Å². The average molecular weight is 443 g/mol. The number of aryl methyl sites for hydroxylation is 1. The predicted molar refractivity (Wildman–Crippen MR) is 121 cm³/mol. The highest BCUT2D eigenvalue weighted by Gasteiger charge is 2.17. The van der Waals surface area contributed by atoms with E-state index in [0.29, 0.717) is 41.6 Å². The first kappa shape index (κ1) is 20.8. The van der Waals surface area contributed by atoms with Gasteiger partial charge >= 0.3 is 0 Å². The molecule has 0 spiro atoms. The molecule has 0 saturated carbocycles. The second-order valence-electron chi connectivity index (χ2n) is 7.88. The minimum Gasteiger partial charge on any atom is -0.453 e. The molecular weight excluding hydrogens is 421 g/mol. The van der Waals surface area contributed by atoms with E-state index in [1.165, 1.54) is 6.07 Å². The Morgan fingerprint density at radius 2 is 1.91 bits per heavy atom. The van der Waals surface area contributed by atoms with E-state index in [1.54, 1.807) is 24.4 Å². The summed E-state index contributed by atoms with van der Waals surface area (Å²) in [6.45, 7) is 1.94. The van der Waals surface area contributed by atoms with Crippen LogP contribution in [0.2, 0.25) is 0 Å². The highest BCUT2D eigenvalue weighted by atomic mass is 19.1. The summed E-state index contributed by atoms with van der Waals surface area (Å²) in [4.78, 5) is 7.34. The monoisotopic (exact) mass is 443 g/mol. The highest BCUT2D eigenvalue weighted by Crippen LogP contribution is 2.32. The van der Waals surface area contributed by atoms with Crippen molar-refractivity contribution in [3.63, 3.8) is 0 Å². The summed E-state index contributed by atoms with van der Waals surface area (Å²) in [5.41, 5.74) is 9.69. The van der Waals surface area contributed by atoms with Gasteiger partial charge in [0.15, 0.2) is 11.6 Å². The lowest BCUT2D eigenvalue weighted by Gasteiger charge is -2.11. The number of halogens is 1. The molecule has 0 aliphatic rings. The van der Waals surface area contributed by atoms with Gasteiger partial charge in [-0.2, -0.15) is 0 Å². The number of aromatic amines is 1. The van der Waals surface area contributed by atoms with Crippen LogP contribution >= 0.6 is 0 Å². The smallest absolute Gasteiger partial charge is 0.233 e. The van der Waals surface area contributed by atoms with E-state index in [0.717, 1.165) is 16.5 Å². The fourth-order valence-corrected chi connectivity index (χ4v) is 3.74. The summed E-state index contributed by atoms with van der Waals surface area (Å²) < 4.78 is 26.4. The van der Waals surface area contributed by atoms with E-state index in [4.69, 9.17) is 14.9 Å². The summed E-state index contributed by atoms with van der Waals surface area (Å²) >= 11 is 0. The quantitative estimate of drug-likeness (QED) is 0.366. The van der Waals surface area contributed by atoms with Gasteiger partial charge in [-0.25, -0.2) is 9.37 Å². The van der Waals surface area contributed by atoms with E-state index >= 15 is 0 Å². The van der Waals surface area contributed by atoms with Gasteiger partial charge in [0, 0.05) is 12.4 Å². The molecule has 0 fully saturated rings.